The average Bonchev–Trinajstić information content (AvgIpc) is 3.05. The summed E-state index contributed by atoms with van der Waals surface area (Å²) in [6, 6.07) is 44.0. The molecule has 0 bridgehead atoms. The van der Waals surface area contributed by atoms with Gasteiger partial charge in [-0.25, -0.2) is 0 Å². The van der Waals surface area contributed by atoms with Crippen molar-refractivity contribution in [2.24, 2.45) is 0 Å². The van der Waals surface area contributed by atoms with Crippen LogP contribution in [0.3, 0.4) is 0 Å². The van der Waals surface area contributed by atoms with E-state index in [-0.39, 0.29) is 27.1 Å². The van der Waals surface area contributed by atoms with Crippen LogP contribution in [0.2, 0.25) is 0 Å². The van der Waals surface area contributed by atoms with E-state index in [9.17, 15) is 0 Å². The number of fused-ring (bicyclic) bond motifs is 5. The topological polar surface area (TPSA) is 3.24 Å². The molecule has 202 valence electrons. The molecule has 4 heteroatoms. The van der Waals surface area contributed by atoms with Gasteiger partial charge in [-0.15, -0.1) is 0 Å². The fourth-order valence-electron chi connectivity index (χ4n) is 7.89. The molecule has 0 amide bonds. The molecule has 1 unspecified atom stereocenters. The van der Waals surface area contributed by atoms with Crippen molar-refractivity contribution in [1.29, 1.82) is 0 Å². The summed E-state index contributed by atoms with van der Waals surface area (Å²) in [4.78, 5) is 5.56. The van der Waals surface area contributed by atoms with Crippen LogP contribution < -0.4 is 30.2 Å². The van der Waals surface area contributed by atoms with Crippen LogP contribution in [-0.4, -0.2) is 21.7 Å². The Morgan fingerprint density at radius 2 is 1.50 bits per heavy atom. The molecule has 1 aliphatic carbocycles. The van der Waals surface area contributed by atoms with E-state index < -0.39 is 0 Å². The van der Waals surface area contributed by atoms with Crippen molar-refractivity contribution in [3.63, 3.8) is 0 Å². The van der Waals surface area contributed by atoms with E-state index in [2.05, 4.69) is 127 Å². The number of thioether (sulfide) groups is 1. The van der Waals surface area contributed by atoms with Gasteiger partial charge < -0.3 is 0 Å². The van der Waals surface area contributed by atoms with Crippen molar-refractivity contribution in [3.8, 4) is 0 Å². The monoisotopic (exact) mass is 623 g/mol. The van der Waals surface area contributed by atoms with Gasteiger partial charge in [0.05, 0.1) is 0 Å². The summed E-state index contributed by atoms with van der Waals surface area (Å²) in [5, 5.41) is 0. The second-order valence-corrected chi connectivity index (χ2v) is 15.4. The van der Waals surface area contributed by atoms with E-state index in [0.29, 0.717) is 0 Å². The normalized spacial score (nSPS) is 19.8. The minimum absolute atomic E-state index is 0.174. The first kappa shape index (κ1) is 25.1. The molecule has 0 fully saturated rings. The Hall–Kier alpha value is -3.43. The first-order chi connectivity index (χ1) is 20.7. The number of allylic oxidation sites excluding steroid dienone is 2. The Morgan fingerprint density at radius 1 is 0.714 bits per heavy atom. The van der Waals surface area contributed by atoms with Crippen molar-refractivity contribution in [1.82, 2.24) is 0 Å². The Kier molecular flexibility index (Phi) is 5.70. The molecule has 1 atom stereocenters. The molecule has 0 saturated carbocycles. The van der Waals surface area contributed by atoms with Crippen LogP contribution in [0.25, 0.3) is 0 Å². The molecule has 9 rings (SSSR count). The third kappa shape index (κ3) is 3.53. The van der Waals surface area contributed by atoms with E-state index in [1.165, 1.54) is 79.7 Å². The molecule has 3 heterocycles. The molecule has 4 aliphatic rings. The average molecular weight is 623 g/mol. The van der Waals surface area contributed by atoms with Crippen LogP contribution in [0.4, 0.5) is 11.4 Å². The molecule has 5 aromatic carbocycles. The molecule has 1 nitrogen and oxygen atoms in total. The summed E-state index contributed by atoms with van der Waals surface area (Å²) in [6.07, 6.45) is 4.95. The van der Waals surface area contributed by atoms with Crippen LogP contribution in [0.15, 0.2) is 131 Å². The molecular formula is C38H30BNSSe. The fourth-order valence-corrected chi connectivity index (χ4v) is 11.7. The first-order valence-electron chi connectivity index (χ1n) is 15.1. The van der Waals surface area contributed by atoms with E-state index >= 15 is 0 Å². The molecule has 5 aromatic rings. The number of rotatable bonds is 2. The molecule has 0 saturated heterocycles. The Balaban J connectivity index is 1.24. The Bertz CT molecular complexity index is 1930. The zero-order valence-electron chi connectivity index (χ0n) is 23.6. The van der Waals surface area contributed by atoms with Crippen molar-refractivity contribution in [2.45, 2.75) is 42.9 Å². The van der Waals surface area contributed by atoms with E-state index in [1.54, 1.807) is 14.8 Å². The van der Waals surface area contributed by atoms with E-state index in [0.717, 1.165) is 0 Å². The van der Waals surface area contributed by atoms with Gasteiger partial charge in [0, 0.05) is 0 Å². The summed E-state index contributed by atoms with van der Waals surface area (Å²) in [7, 11) is 0. The van der Waals surface area contributed by atoms with Gasteiger partial charge in [-0.05, 0) is 0 Å². The number of hydrogen-bond acceptors (Lipinski definition) is 2. The summed E-state index contributed by atoms with van der Waals surface area (Å²) in [6.45, 7) is 2.72. The van der Waals surface area contributed by atoms with Crippen molar-refractivity contribution < 1.29 is 0 Å². The zero-order valence-corrected chi connectivity index (χ0v) is 26.2. The second kappa shape index (κ2) is 9.54. The first-order valence-corrected chi connectivity index (χ1v) is 17.6. The summed E-state index contributed by atoms with van der Waals surface area (Å²) < 4.78 is 3.07. The van der Waals surface area contributed by atoms with Gasteiger partial charge in [-0.2, -0.15) is 0 Å². The quantitative estimate of drug-likeness (QED) is 0.223. The van der Waals surface area contributed by atoms with Gasteiger partial charge in [-0.1, -0.05) is 0 Å². The molecule has 0 spiro atoms. The SMILES string of the molecule is CC1(c2ccccc2)c2ccccc2B2c3ccc(N4C5=C(CCCC5)Sc5ccccc54)cc3[Se]c3cccc1c32. The van der Waals surface area contributed by atoms with Gasteiger partial charge in [0.1, 0.15) is 0 Å². The number of anilines is 2. The third-order valence-corrected chi connectivity index (χ3v) is 13.5. The standard InChI is InChI=1S/C38H30BNSSe/c1-38(25-12-3-2-4-13-25)27-14-5-6-16-29(27)39-30-23-22-26(24-36(30)42-35-21-11-15-28(38)37(35)39)40-31-17-7-9-19-33(31)41-34-20-10-8-18-32(34)40/h2-7,9,11-17,19,21-24H,8,10,18,20H2,1H3. The molecule has 0 N–H and O–H groups in total. The van der Waals surface area contributed by atoms with Gasteiger partial charge in [-0.3, -0.25) is 0 Å². The second-order valence-electron chi connectivity index (χ2n) is 12.0. The number of nitrogens with zero attached hydrogens (tertiary/aromatic N) is 1. The third-order valence-electron chi connectivity index (χ3n) is 9.84. The zero-order chi connectivity index (χ0) is 27.8. The molecular weight excluding hydrogens is 592 g/mol. The molecule has 0 aromatic heterocycles. The van der Waals surface area contributed by atoms with Gasteiger partial charge in [0.15, 0.2) is 0 Å². The maximum atomic E-state index is 2.60. The molecule has 0 radical (unpaired) electrons. The summed E-state index contributed by atoms with van der Waals surface area (Å²) in [5.74, 6) is 0. The van der Waals surface area contributed by atoms with Crippen molar-refractivity contribution >= 4 is 70.1 Å². The summed E-state index contributed by atoms with van der Waals surface area (Å²) >= 11 is 2.25. The van der Waals surface area contributed by atoms with Crippen LogP contribution in [-0.2, 0) is 5.41 Å². The van der Waals surface area contributed by atoms with Crippen molar-refractivity contribution in [3.05, 3.63) is 143 Å². The van der Waals surface area contributed by atoms with E-state index in [4.69, 9.17) is 0 Å². The van der Waals surface area contributed by atoms with Crippen LogP contribution >= 0.6 is 11.8 Å². The van der Waals surface area contributed by atoms with Gasteiger partial charge in [0.25, 0.3) is 0 Å². The number of hydrogen-bond donors (Lipinski definition) is 0. The summed E-state index contributed by atoms with van der Waals surface area (Å²) in [5.41, 5.74) is 12.8. The fraction of sp³-hybridized carbons (Fsp3) is 0.158. The Morgan fingerprint density at radius 3 is 2.43 bits per heavy atom. The minimum atomic E-state index is -0.174. The van der Waals surface area contributed by atoms with Gasteiger partial charge in [0.2, 0.25) is 0 Å². The van der Waals surface area contributed by atoms with Gasteiger partial charge >= 0.3 is 260 Å². The van der Waals surface area contributed by atoms with Crippen LogP contribution in [0, 0.1) is 0 Å². The Labute approximate surface area is 259 Å². The van der Waals surface area contributed by atoms with E-state index in [1.807, 2.05) is 11.8 Å². The predicted molar refractivity (Wildman–Crippen MR) is 181 cm³/mol. The molecule has 3 aliphatic heterocycles. The van der Waals surface area contributed by atoms with Crippen LogP contribution in [0.1, 0.15) is 49.3 Å². The maximum absolute atomic E-state index is 2.60. The number of benzene rings is 5. The van der Waals surface area contributed by atoms with Crippen LogP contribution in [0.5, 0.6) is 0 Å². The number of para-hydroxylation sites is 1. The molecule has 42 heavy (non-hydrogen) atoms. The van der Waals surface area contributed by atoms with Crippen molar-refractivity contribution in [2.75, 3.05) is 4.90 Å². The predicted octanol–water partition coefficient (Wildman–Crippen LogP) is 5.87.